The molecule has 14 heavy (non-hydrogen) atoms. The van der Waals surface area contributed by atoms with E-state index in [4.69, 9.17) is 0 Å². The summed E-state index contributed by atoms with van der Waals surface area (Å²) in [5, 5.41) is 3.05. The average molecular weight is 199 g/mol. The Labute approximate surface area is 88.5 Å². The third-order valence-electron chi connectivity index (χ3n) is 2.14. The quantitative estimate of drug-likeness (QED) is 0.724. The standard InChI is InChI=1S/C12H25NO/c1-6-8-10(9-7-2)11(14)13-12(3,4)5/h10H,6-9H2,1-5H3,(H,13,14). The fourth-order valence-electron chi connectivity index (χ4n) is 1.58. The number of carbonyl (C=O) groups excluding carboxylic acids is 1. The minimum absolute atomic E-state index is 0.100. The van der Waals surface area contributed by atoms with Crippen molar-refractivity contribution >= 4 is 5.91 Å². The molecule has 0 aliphatic rings. The minimum Gasteiger partial charge on any atom is -0.351 e. The molecule has 0 saturated carbocycles. The molecule has 0 radical (unpaired) electrons. The van der Waals surface area contributed by atoms with Crippen molar-refractivity contribution in [3.63, 3.8) is 0 Å². The molecule has 0 aliphatic heterocycles. The van der Waals surface area contributed by atoms with Crippen molar-refractivity contribution in [1.82, 2.24) is 5.32 Å². The molecular weight excluding hydrogens is 174 g/mol. The van der Waals surface area contributed by atoms with Gasteiger partial charge in [-0.1, -0.05) is 26.7 Å². The number of nitrogens with one attached hydrogen (secondary N) is 1. The lowest BCUT2D eigenvalue weighted by Crippen LogP contribution is -2.43. The fraction of sp³-hybridized carbons (Fsp3) is 0.917. The van der Waals surface area contributed by atoms with Gasteiger partial charge in [-0.15, -0.1) is 0 Å². The molecule has 0 unspecified atom stereocenters. The second-order valence-corrected chi connectivity index (χ2v) is 5.01. The smallest absolute Gasteiger partial charge is 0.223 e. The fourth-order valence-corrected chi connectivity index (χ4v) is 1.58. The van der Waals surface area contributed by atoms with Crippen molar-refractivity contribution in [3.8, 4) is 0 Å². The van der Waals surface area contributed by atoms with E-state index in [9.17, 15) is 4.79 Å². The summed E-state index contributed by atoms with van der Waals surface area (Å²) >= 11 is 0. The van der Waals surface area contributed by atoms with Crippen molar-refractivity contribution in [2.45, 2.75) is 65.8 Å². The first-order chi connectivity index (χ1) is 6.40. The molecule has 2 nitrogen and oxygen atoms in total. The molecule has 0 aliphatic carbocycles. The first-order valence-corrected chi connectivity index (χ1v) is 5.72. The summed E-state index contributed by atoms with van der Waals surface area (Å²) in [7, 11) is 0. The summed E-state index contributed by atoms with van der Waals surface area (Å²) in [5.74, 6) is 0.436. The van der Waals surface area contributed by atoms with Crippen LogP contribution < -0.4 is 5.32 Å². The molecule has 0 aromatic heterocycles. The largest absolute Gasteiger partial charge is 0.351 e. The SMILES string of the molecule is CCCC(CCC)C(=O)NC(C)(C)C. The normalized spacial score (nSPS) is 11.9. The van der Waals surface area contributed by atoms with Crippen LogP contribution in [0, 0.1) is 5.92 Å². The Morgan fingerprint density at radius 1 is 1.14 bits per heavy atom. The second-order valence-electron chi connectivity index (χ2n) is 5.01. The summed E-state index contributed by atoms with van der Waals surface area (Å²) in [6.07, 6.45) is 4.19. The highest BCUT2D eigenvalue weighted by molar-refractivity contribution is 5.79. The van der Waals surface area contributed by atoms with E-state index in [-0.39, 0.29) is 17.4 Å². The summed E-state index contributed by atoms with van der Waals surface area (Å²) in [6, 6.07) is 0. The second kappa shape index (κ2) is 6.05. The van der Waals surface area contributed by atoms with Crippen molar-refractivity contribution in [2.24, 2.45) is 5.92 Å². The van der Waals surface area contributed by atoms with Crippen molar-refractivity contribution in [3.05, 3.63) is 0 Å². The highest BCUT2D eigenvalue weighted by Crippen LogP contribution is 2.15. The van der Waals surface area contributed by atoms with Crippen molar-refractivity contribution in [2.75, 3.05) is 0 Å². The highest BCUT2D eigenvalue weighted by atomic mass is 16.2. The topological polar surface area (TPSA) is 29.1 Å². The van der Waals surface area contributed by atoms with Crippen molar-refractivity contribution < 1.29 is 4.79 Å². The Balaban J connectivity index is 4.14. The molecule has 0 aromatic carbocycles. The molecular formula is C12H25NO. The zero-order valence-electron chi connectivity index (χ0n) is 10.3. The predicted octanol–water partition coefficient (Wildman–Crippen LogP) is 3.12. The van der Waals surface area contributed by atoms with E-state index in [0.29, 0.717) is 0 Å². The molecule has 1 amide bonds. The number of hydrogen-bond donors (Lipinski definition) is 1. The lowest BCUT2D eigenvalue weighted by Gasteiger charge is -2.24. The third kappa shape index (κ3) is 6.01. The maximum Gasteiger partial charge on any atom is 0.223 e. The van der Waals surface area contributed by atoms with E-state index in [1.54, 1.807) is 0 Å². The molecule has 2 heteroatoms. The number of carbonyl (C=O) groups is 1. The van der Waals surface area contributed by atoms with Crippen LogP contribution in [0.4, 0.5) is 0 Å². The maximum absolute atomic E-state index is 11.8. The van der Waals surface area contributed by atoms with Gasteiger partial charge in [-0.2, -0.15) is 0 Å². The zero-order chi connectivity index (χ0) is 11.2. The molecule has 0 bridgehead atoms. The van der Waals surface area contributed by atoms with Crippen LogP contribution in [0.3, 0.4) is 0 Å². The number of rotatable bonds is 5. The van der Waals surface area contributed by atoms with Crippen LogP contribution >= 0.6 is 0 Å². The summed E-state index contributed by atoms with van der Waals surface area (Å²) in [4.78, 5) is 11.8. The van der Waals surface area contributed by atoms with E-state index in [1.165, 1.54) is 0 Å². The van der Waals surface area contributed by atoms with Gasteiger partial charge in [0.25, 0.3) is 0 Å². The van der Waals surface area contributed by atoms with Gasteiger partial charge in [0.1, 0.15) is 0 Å². The summed E-state index contributed by atoms with van der Waals surface area (Å²) in [6.45, 7) is 10.3. The Morgan fingerprint density at radius 3 is 1.86 bits per heavy atom. The van der Waals surface area contributed by atoms with Crippen LogP contribution in [0.1, 0.15) is 60.3 Å². The Hall–Kier alpha value is -0.530. The summed E-state index contributed by atoms with van der Waals surface area (Å²) in [5.41, 5.74) is -0.100. The van der Waals surface area contributed by atoms with E-state index < -0.39 is 0 Å². The van der Waals surface area contributed by atoms with E-state index >= 15 is 0 Å². The van der Waals surface area contributed by atoms with Crippen LogP contribution in [-0.4, -0.2) is 11.4 Å². The lowest BCUT2D eigenvalue weighted by atomic mass is 9.96. The van der Waals surface area contributed by atoms with Crippen LogP contribution in [-0.2, 0) is 4.79 Å². The molecule has 84 valence electrons. The number of amides is 1. The molecule has 0 spiro atoms. The Morgan fingerprint density at radius 2 is 1.57 bits per heavy atom. The predicted molar refractivity (Wildman–Crippen MR) is 61.2 cm³/mol. The lowest BCUT2D eigenvalue weighted by molar-refractivity contribution is -0.126. The molecule has 0 saturated heterocycles. The minimum atomic E-state index is -0.100. The molecule has 0 atom stereocenters. The maximum atomic E-state index is 11.8. The average Bonchev–Trinajstić information content (AvgIpc) is 2.01. The number of hydrogen-bond acceptors (Lipinski definition) is 1. The van der Waals surface area contributed by atoms with E-state index in [0.717, 1.165) is 25.7 Å². The van der Waals surface area contributed by atoms with E-state index in [2.05, 4.69) is 19.2 Å². The van der Waals surface area contributed by atoms with Gasteiger partial charge in [-0.05, 0) is 33.6 Å². The molecule has 0 heterocycles. The zero-order valence-corrected chi connectivity index (χ0v) is 10.3. The molecule has 0 aromatic rings. The van der Waals surface area contributed by atoms with E-state index in [1.807, 2.05) is 20.8 Å². The monoisotopic (exact) mass is 199 g/mol. The highest BCUT2D eigenvalue weighted by Gasteiger charge is 2.21. The van der Waals surface area contributed by atoms with Crippen LogP contribution in [0.15, 0.2) is 0 Å². The Bertz CT molecular complexity index is 164. The van der Waals surface area contributed by atoms with Crippen LogP contribution in [0.25, 0.3) is 0 Å². The van der Waals surface area contributed by atoms with Gasteiger partial charge in [0, 0.05) is 11.5 Å². The molecule has 0 fully saturated rings. The van der Waals surface area contributed by atoms with Crippen LogP contribution in [0.5, 0.6) is 0 Å². The Kier molecular flexibility index (Phi) is 5.82. The van der Waals surface area contributed by atoms with Crippen molar-refractivity contribution in [1.29, 1.82) is 0 Å². The van der Waals surface area contributed by atoms with Gasteiger partial charge in [0.15, 0.2) is 0 Å². The van der Waals surface area contributed by atoms with Gasteiger partial charge in [0.2, 0.25) is 5.91 Å². The summed E-state index contributed by atoms with van der Waals surface area (Å²) < 4.78 is 0. The van der Waals surface area contributed by atoms with Gasteiger partial charge < -0.3 is 5.32 Å². The van der Waals surface area contributed by atoms with Gasteiger partial charge in [-0.3, -0.25) is 4.79 Å². The van der Waals surface area contributed by atoms with Gasteiger partial charge in [-0.25, -0.2) is 0 Å². The molecule has 0 rings (SSSR count). The van der Waals surface area contributed by atoms with Gasteiger partial charge in [0.05, 0.1) is 0 Å². The molecule has 1 N–H and O–H groups in total. The third-order valence-corrected chi connectivity index (χ3v) is 2.14. The first-order valence-electron chi connectivity index (χ1n) is 5.72. The van der Waals surface area contributed by atoms with Crippen LogP contribution in [0.2, 0.25) is 0 Å². The first kappa shape index (κ1) is 13.5. The van der Waals surface area contributed by atoms with Gasteiger partial charge >= 0.3 is 0 Å².